The van der Waals surface area contributed by atoms with Gasteiger partial charge in [0.2, 0.25) is 5.91 Å². The van der Waals surface area contributed by atoms with E-state index in [-0.39, 0.29) is 23.4 Å². The van der Waals surface area contributed by atoms with Crippen LogP contribution in [0.5, 0.6) is 0 Å². The van der Waals surface area contributed by atoms with Crippen molar-refractivity contribution in [3.8, 4) is 0 Å². The molecule has 6 nitrogen and oxygen atoms in total. The van der Waals surface area contributed by atoms with Gasteiger partial charge in [-0.3, -0.25) is 14.3 Å². The van der Waals surface area contributed by atoms with E-state index < -0.39 is 0 Å². The van der Waals surface area contributed by atoms with E-state index in [1.54, 1.807) is 4.68 Å². The first-order valence-corrected chi connectivity index (χ1v) is 11.2. The zero-order valence-corrected chi connectivity index (χ0v) is 17.9. The third-order valence-electron chi connectivity index (χ3n) is 7.44. The summed E-state index contributed by atoms with van der Waals surface area (Å²) in [4.78, 5) is 30.4. The number of β-lactam (4-membered cyclic amide) rings is 1. The molecule has 2 amide bonds. The second-order valence-corrected chi connectivity index (χ2v) is 9.21. The van der Waals surface area contributed by atoms with Gasteiger partial charge in [-0.05, 0) is 44.2 Å². The van der Waals surface area contributed by atoms with Gasteiger partial charge in [-0.1, -0.05) is 43.2 Å². The molecule has 5 rings (SSSR count). The van der Waals surface area contributed by atoms with E-state index in [0.717, 1.165) is 44.2 Å². The predicted molar refractivity (Wildman–Crippen MR) is 114 cm³/mol. The first-order valence-electron chi connectivity index (χ1n) is 11.2. The van der Waals surface area contributed by atoms with Crippen LogP contribution in [0.15, 0.2) is 36.4 Å². The van der Waals surface area contributed by atoms with Gasteiger partial charge in [0.1, 0.15) is 5.69 Å². The van der Waals surface area contributed by atoms with Crippen LogP contribution in [0.4, 0.5) is 0 Å². The van der Waals surface area contributed by atoms with Crippen molar-refractivity contribution in [3.05, 3.63) is 53.3 Å². The Balaban J connectivity index is 1.32. The van der Waals surface area contributed by atoms with E-state index >= 15 is 0 Å². The monoisotopic (exact) mass is 406 g/mol. The molecule has 2 aliphatic heterocycles. The number of hydrogen-bond donors (Lipinski definition) is 0. The highest BCUT2D eigenvalue weighted by molar-refractivity contribution is 5.93. The molecule has 0 radical (unpaired) electrons. The quantitative estimate of drug-likeness (QED) is 0.734. The van der Waals surface area contributed by atoms with Crippen molar-refractivity contribution < 1.29 is 9.59 Å². The fourth-order valence-electron chi connectivity index (χ4n) is 6.00. The van der Waals surface area contributed by atoms with E-state index in [1.807, 2.05) is 31.0 Å². The Kier molecular flexibility index (Phi) is 4.68. The highest BCUT2D eigenvalue weighted by atomic mass is 16.2. The number of hydrogen-bond acceptors (Lipinski definition) is 3. The van der Waals surface area contributed by atoms with Crippen LogP contribution < -0.4 is 0 Å². The van der Waals surface area contributed by atoms with E-state index in [2.05, 4.69) is 34.3 Å². The summed E-state index contributed by atoms with van der Waals surface area (Å²) in [6, 6.07) is 12.8. The third-order valence-corrected chi connectivity index (χ3v) is 7.44. The molecular formula is C24H30N4O2. The summed E-state index contributed by atoms with van der Waals surface area (Å²) in [5.74, 6) is 0.388. The van der Waals surface area contributed by atoms with Crippen LogP contribution in [0.25, 0.3) is 0 Å². The summed E-state index contributed by atoms with van der Waals surface area (Å²) in [6.07, 6.45) is 6.01. The highest BCUT2D eigenvalue weighted by Crippen LogP contribution is 2.60. The predicted octanol–water partition coefficient (Wildman–Crippen LogP) is 3.48. The number of carbonyl (C=O) groups is 2. The van der Waals surface area contributed by atoms with Crippen molar-refractivity contribution in [2.75, 3.05) is 13.1 Å². The SMILES string of the molecule is Cc1cc(C(=O)N2CCC(N3C(=O)C4(CCCC4)C3c3ccccc3)CC2)n(C)n1. The Hall–Kier alpha value is -2.63. The molecule has 3 fully saturated rings. The van der Waals surface area contributed by atoms with Crippen molar-refractivity contribution in [1.82, 2.24) is 19.6 Å². The van der Waals surface area contributed by atoms with Crippen molar-refractivity contribution in [2.45, 2.75) is 57.5 Å². The third kappa shape index (κ3) is 2.88. The average molecular weight is 407 g/mol. The van der Waals surface area contributed by atoms with Crippen LogP contribution in [0.2, 0.25) is 0 Å². The molecule has 1 aromatic carbocycles. The first-order chi connectivity index (χ1) is 14.5. The van der Waals surface area contributed by atoms with Gasteiger partial charge in [-0.2, -0.15) is 5.10 Å². The molecule has 6 heteroatoms. The van der Waals surface area contributed by atoms with Gasteiger partial charge in [0, 0.05) is 26.2 Å². The summed E-state index contributed by atoms with van der Waals surface area (Å²) < 4.78 is 1.66. The second-order valence-electron chi connectivity index (χ2n) is 9.21. The van der Waals surface area contributed by atoms with Crippen LogP contribution in [0.3, 0.4) is 0 Å². The Morgan fingerprint density at radius 2 is 1.77 bits per heavy atom. The van der Waals surface area contributed by atoms with E-state index in [1.165, 1.54) is 5.56 Å². The lowest BCUT2D eigenvalue weighted by Crippen LogP contribution is -2.66. The molecule has 0 bridgehead atoms. The van der Waals surface area contributed by atoms with Gasteiger partial charge in [-0.25, -0.2) is 0 Å². The molecule has 1 unspecified atom stereocenters. The number of piperidine rings is 1. The topological polar surface area (TPSA) is 58.4 Å². The Labute approximate surface area is 177 Å². The lowest BCUT2D eigenvalue weighted by molar-refractivity contribution is -0.180. The van der Waals surface area contributed by atoms with Gasteiger partial charge in [0.25, 0.3) is 5.91 Å². The zero-order chi connectivity index (χ0) is 20.9. The molecule has 1 atom stereocenters. The summed E-state index contributed by atoms with van der Waals surface area (Å²) in [6.45, 7) is 3.28. The van der Waals surface area contributed by atoms with Crippen LogP contribution in [0.1, 0.15) is 66.3 Å². The minimum Gasteiger partial charge on any atom is -0.337 e. The number of carbonyl (C=O) groups excluding carboxylic acids is 2. The largest absolute Gasteiger partial charge is 0.337 e. The number of aryl methyl sites for hydroxylation is 2. The van der Waals surface area contributed by atoms with Crippen LogP contribution in [-0.4, -0.2) is 50.5 Å². The molecule has 2 saturated heterocycles. The number of aromatic nitrogens is 2. The molecule has 158 valence electrons. The zero-order valence-electron chi connectivity index (χ0n) is 17.9. The smallest absolute Gasteiger partial charge is 0.272 e. The van der Waals surface area contributed by atoms with Gasteiger partial charge >= 0.3 is 0 Å². The number of amides is 2. The number of rotatable bonds is 3. The Bertz CT molecular complexity index is 953. The van der Waals surface area contributed by atoms with Gasteiger partial charge < -0.3 is 9.80 Å². The molecule has 0 N–H and O–H groups in total. The first kappa shape index (κ1) is 19.3. The van der Waals surface area contributed by atoms with E-state index in [0.29, 0.717) is 24.7 Å². The molecule has 1 aliphatic carbocycles. The minimum absolute atomic E-state index is 0.0401. The van der Waals surface area contributed by atoms with Crippen LogP contribution in [0, 0.1) is 12.3 Å². The minimum atomic E-state index is -0.180. The fraction of sp³-hybridized carbons (Fsp3) is 0.542. The fourth-order valence-corrected chi connectivity index (χ4v) is 6.00. The maximum absolute atomic E-state index is 13.4. The summed E-state index contributed by atoms with van der Waals surface area (Å²) in [7, 11) is 1.82. The molecule has 1 spiro atoms. The standard InChI is InChI=1S/C24H30N4O2/c1-17-16-20(26(2)25-17)22(29)27-14-10-19(11-15-27)28-21(18-8-4-3-5-9-18)24(23(28)30)12-6-7-13-24/h3-5,8-9,16,19,21H,6-7,10-15H2,1-2H3. The van der Waals surface area contributed by atoms with E-state index in [4.69, 9.17) is 0 Å². The second kappa shape index (κ2) is 7.25. The van der Waals surface area contributed by atoms with Crippen molar-refractivity contribution >= 4 is 11.8 Å². The number of benzene rings is 1. The average Bonchev–Trinajstić information content (AvgIpc) is 3.40. The lowest BCUT2D eigenvalue weighted by atomic mass is 9.65. The van der Waals surface area contributed by atoms with Gasteiger partial charge in [0.15, 0.2) is 0 Å². The van der Waals surface area contributed by atoms with Gasteiger partial charge in [-0.15, -0.1) is 0 Å². The van der Waals surface area contributed by atoms with Crippen LogP contribution in [-0.2, 0) is 11.8 Å². The number of likely N-dealkylation sites (tertiary alicyclic amines) is 2. The summed E-state index contributed by atoms with van der Waals surface area (Å²) in [5, 5.41) is 4.30. The number of nitrogens with zero attached hydrogens (tertiary/aromatic N) is 4. The highest BCUT2D eigenvalue weighted by Gasteiger charge is 2.63. The molecule has 1 saturated carbocycles. The Morgan fingerprint density at radius 3 is 2.37 bits per heavy atom. The van der Waals surface area contributed by atoms with E-state index in [9.17, 15) is 9.59 Å². The van der Waals surface area contributed by atoms with Crippen molar-refractivity contribution in [3.63, 3.8) is 0 Å². The molecule has 30 heavy (non-hydrogen) atoms. The molecule has 3 heterocycles. The molecule has 3 aliphatic rings. The lowest BCUT2D eigenvalue weighted by Gasteiger charge is -2.59. The molecule has 1 aromatic heterocycles. The maximum atomic E-state index is 13.4. The molecular weight excluding hydrogens is 376 g/mol. The van der Waals surface area contributed by atoms with Crippen LogP contribution >= 0.6 is 0 Å². The summed E-state index contributed by atoms with van der Waals surface area (Å²) in [5.41, 5.74) is 2.58. The van der Waals surface area contributed by atoms with Gasteiger partial charge in [0.05, 0.1) is 17.2 Å². The summed E-state index contributed by atoms with van der Waals surface area (Å²) >= 11 is 0. The van der Waals surface area contributed by atoms with Crippen molar-refractivity contribution in [2.24, 2.45) is 12.5 Å². The normalized spacial score (nSPS) is 23.8. The maximum Gasteiger partial charge on any atom is 0.272 e. The Morgan fingerprint density at radius 1 is 1.10 bits per heavy atom. The molecule has 2 aromatic rings. The van der Waals surface area contributed by atoms with Crippen molar-refractivity contribution in [1.29, 1.82) is 0 Å².